The molecule has 0 aliphatic carbocycles. The van der Waals surface area contributed by atoms with Crippen LogP contribution in [-0.2, 0) is 14.1 Å². The molecule has 2 aromatic heterocycles. The van der Waals surface area contributed by atoms with Gasteiger partial charge in [0.25, 0.3) is 0 Å². The monoisotopic (exact) mass is 304 g/mol. The normalized spacial score (nSPS) is 10.8. The van der Waals surface area contributed by atoms with E-state index in [0.717, 1.165) is 0 Å². The number of aromatic nitrogens is 2. The Morgan fingerprint density at radius 2 is 1.43 bits per heavy atom. The number of hydrogen-bond donors (Lipinski definition) is 0. The summed E-state index contributed by atoms with van der Waals surface area (Å²) in [5.74, 6) is 0. The van der Waals surface area contributed by atoms with E-state index in [-0.39, 0.29) is 0 Å². The number of nitrogens with zero attached hydrogens (tertiary/aromatic N) is 2. The summed E-state index contributed by atoms with van der Waals surface area (Å²) in [5.41, 5.74) is 8.96. The maximum Gasteiger partial charge on any atom is 0.213 e. The summed E-state index contributed by atoms with van der Waals surface area (Å²) in [6.07, 6.45) is 2.10. The van der Waals surface area contributed by atoms with Crippen LogP contribution >= 0.6 is 0 Å². The van der Waals surface area contributed by atoms with E-state index in [0.29, 0.717) is 0 Å². The van der Waals surface area contributed by atoms with Gasteiger partial charge in [0, 0.05) is 42.3 Å². The Kier molecular flexibility index (Phi) is 3.99. The fourth-order valence-corrected chi connectivity index (χ4v) is 3.22. The third-order valence-electron chi connectivity index (χ3n) is 4.63. The van der Waals surface area contributed by atoms with Crippen LogP contribution in [0.25, 0.3) is 22.5 Å². The van der Waals surface area contributed by atoms with E-state index >= 15 is 0 Å². The summed E-state index contributed by atoms with van der Waals surface area (Å²) in [6.45, 7) is 6.54. The Balaban J connectivity index is 2.25. The summed E-state index contributed by atoms with van der Waals surface area (Å²) in [6, 6.07) is 17.4. The van der Waals surface area contributed by atoms with Crippen LogP contribution in [0.5, 0.6) is 0 Å². The number of aryl methyl sites for hydroxylation is 3. The highest BCUT2D eigenvalue weighted by atomic mass is 14.9. The minimum atomic E-state index is 1.24. The van der Waals surface area contributed by atoms with Crippen molar-refractivity contribution in [3.63, 3.8) is 0 Å². The first-order chi connectivity index (χ1) is 11.0. The van der Waals surface area contributed by atoms with Gasteiger partial charge in [0.15, 0.2) is 11.9 Å². The van der Waals surface area contributed by atoms with Crippen molar-refractivity contribution in [2.45, 2.75) is 20.8 Å². The quantitative estimate of drug-likeness (QED) is 0.639. The van der Waals surface area contributed by atoms with Crippen LogP contribution in [0.4, 0.5) is 0 Å². The lowest BCUT2D eigenvalue weighted by atomic mass is 9.96. The third-order valence-corrected chi connectivity index (χ3v) is 4.63. The van der Waals surface area contributed by atoms with Crippen LogP contribution in [-0.4, -0.2) is 0 Å². The average molecular weight is 304 g/mol. The van der Waals surface area contributed by atoms with E-state index in [1.807, 2.05) is 0 Å². The molecule has 3 rings (SSSR count). The molecule has 23 heavy (non-hydrogen) atoms. The molecule has 0 spiro atoms. The van der Waals surface area contributed by atoms with E-state index in [9.17, 15) is 0 Å². The highest BCUT2D eigenvalue weighted by Gasteiger charge is 2.19. The second-order valence-electron chi connectivity index (χ2n) is 6.29. The van der Waals surface area contributed by atoms with Gasteiger partial charge in [-0.05, 0) is 43.2 Å². The van der Waals surface area contributed by atoms with Gasteiger partial charge in [0.05, 0.1) is 0 Å². The fourth-order valence-electron chi connectivity index (χ4n) is 3.22. The largest absolute Gasteiger partial charge is 0.213 e. The Bertz CT molecular complexity index is 879. The summed E-state index contributed by atoms with van der Waals surface area (Å²) in [4.78, 5) is 0. The first-order valence-electron chi connectivity index (χ1n) is 8.01. The van der Waals surface area contributed by atoms with Crippen molar-refractivity contribution < 1.29 is 9.13 Å². The molecular formula is C21H24N2+2. The zero-order valence-corrected chi connectivity index (χ0v) is 14.6. The molecule has 0 unspecified atom stereocenters. The fraction of sp³-hybridized carbons (Fsp3) is 0.238. The second kappa shape index (κ2) is 5.96. The molecule has 0 bridgehead atoms. The van der Waals surface area contributed by atoms with Gasteiger partial charge >= 0.3 is 0 Å². The molecule has 0 fully saturated rings. The molecule has 0 radical (unpaired) electrons. The zero-order valence-electron chi connectivity index (χ0n) is 14.6. The summed E-state index contributed by atoms with van der Waals surface area (Å²) in [7, 11) is 4.23. The number of benzene rings is 1. The van der Waals surface area contributed by atoms with Crippen molar-refractivity contribution >= 4 is 0 Å². The highest BCUT2D eigenvalue weighted by Crippen LogP contribution is 2.29. The number of hydrogen-bond acceptors (Lipinski definition) is 0. The predicted octanol–water partition coefficient (Wildman–Crippen LogP) is 3.59. The van der Waals surface area contributed by atoms with Crippen molar-refractivity contribution in [2.24, 2.45) is 14.1 Å². The summed E-state index contributed by atoms with van der Waals surface area (Å²) < 4.78 is 4.44. The van der Waals surface area contributed by atoms with Crippen LogP contribution in [0.3, 0.4) is 0 Å². The van der Waals surface area contributed by atoms with Crippen molar-refractivity contribution in [1.82, 2.24) is 0 Å². The molecule has 0 N–H and O–H groups in total. The van der Waals surface area contributed by atoms with Gasteiger partial charge in [-0.2, -0.15) is 4.57 Å². The standard InChI is InChI=1S/C21H24N2/c1-15-13-16(2)23(5)21(14-15)19-10-8-9-18(17(19)3)20-11-6-7-12-22(20)4/h6-14H,1-5H3/q+2. The van der Waals surface area contributed by atoms with Crippen molar-refractivity contribution in [2.75, 3.05) is 0 Å². The molecule has 1 aromatic carbocycles. The molecule has 0 aliphatic rings. The van der Waals surface area contributed by atoms with E-state index in [2.05, 4.69) is 98.7 Å². The van der Waals surface area contributed by atoms with Crippen LogP contribution in [0.15, 0.2) is 54.7 Å². The number of rotatable bonds is 2. The highest BCUT2D eigenvalue weighted by molar-refractivity contribution is 5.73. The Labute approximate surface area is 138 Å². The van der Waals surface area contributed by atoms with Crippen LogP contribution < -0.4 is 9.13 Å². The molecule has 2 heterocycles. The second-order valence-corrected chi connectivity index (χ2v) is 6.29. The minimum Gasteiger partial charge on any atom is -0.201 e. The van der Waals surface area contributed by atoms with Gasteiger partial charge in [0.1, 0.15) is 14.1 Å². The van der Waals surface area contributed by atoms with Gasteiger partial charge in [-0.1, -0.05) is 6.07 Å². The lowest BCUT2D eigenvalue weighted by Gasteiger charge is -2.10. The maximum absolute atomic E-state index is 2.27. The maximum atomic E-state index is 2.27. The van der Waals surface area contributed by atoms with E-state index < -0.39 is 0 Å². The zero-order chi connectivity index (χ0) is 16.6. The smallest absolute Gasteiger partial charge is 0.201 e. The third kappa shape index (κ3) is 2.77. The molecule has 3 aromatic rings. The molecule has 2 heteroatoms. The van der Waals surface area contributed by atoms with Gasteiger partial charge in [0.2, 0.25) is 11.4 Å². The van der Waals surface area contributed by atoms with Crippen LogP contribution in [0, 0.1) is 20.8 Å². The average Bonchev–Trinajstić information content (AvgIpc) is 2.52. The van der Waals surface area contributed by atoms with E-state index in [1.165, 1.54) is 39.3 Å². The SMILES string of the molecule is Cc1cc(C)[n+](C)c(-c2cccc(-c3cccc[n+]3C)c2C)c1. The summed E-state index contributed by atoms with van der Waals surface area (Å²) >= 11 is 0. The topological polar surface area (TPSA) is 7.76 Å². The minimum absolute atomic E-state index is 1.24. The Morgan fingerprint density at radius 3 is 2.13 bits per heavy atom. The first-order valence-corrected chi connectivity index (χ1v) is 8.01. The number of pyridine rings is 2. The predicted molar refractivity (Wildman–Crippen MR) is 93.9 cm³/mol. The van der Waals surface area contributed by atoms with Crippen molar-refractivity contribution in [1.29, 1.82) is 0 Å². The molecule has 0 amide bonds. The van der Waals surface area contributed by atoms with Gasteiger partial charge in [-0.3, -0.25) is 0 Å². The molecule has 0 aliphatic heterocycles. The van der Waals surface area contributed by atoms with Gasteiger partial charge in [-0.25, -0.2) is 4.57 Å². The molecule has 0 atom stereocenters. The lowest BCUT2D eigenvalue weighted by Crippen LogP contribution is -2.35. The molecule has 2 nitrogen and oxygen atoms in total. The van der Waals surface area contributed by atoms with Gasteiger partial charge < -0.3 is 0 Å². The van der Waals surface area contributed by atoms with Crippen LogP contribution in [0.2, 0.25) is 0 Å². The summed E-state index contributed by atoms with van der Waals surface area (Å²) in [5, 5.41) is 0. The van der Waals surface area contributed by atoms with E-state index in [1.54, 1.807) is 0 Å². The first kappa shape index (κ1) is 15.4. The molecule has 0 saturated carbocycles. The van der Waals surface area contributed by atoms with Gasteiger partial charge in [-0.15, -0.1) is 0 Å². The Hall–Kier alpha value is -2.48. The Morgan fingerprint density at radius 1 is 0.739 bits per heavy atom. The molecule has 116 valence electrons. The van der Waals surface area contributed by atoms with Crippen LogP contribution in [0.1, 0.15) is 16.8 Å². The molecular weight excluding hydrogens is 280 g/mol. The molecule has 0 saturated heterocycles. The van der Waals surface area contributed by atoms with Crippen molar-refractivity contribution in [3.8, 4) is 22.5 Å². The van der Waals surface area contributed by atoms with Crippen molar-refractivity contribution in [3.05, 3.63) is 71.5 Å². The van der Waals surface area contributed by atoms with E-state index in [4.69, 9.17) is 0 Å². The lowest BCUT2D eigenvalue weighted by molar-refractivity contribution is -0.666.